The first-order valence-electron chi connectivity index (χ1n) is 12.4. The number of aromatic nitrogens is 5. The summed E-state index contributed by atoms with van der Waals surface area (Å²) in [5, 5.41) is 21.0. The molecular weight excluding hydrogens is 526 g/mol. The molecule has 4 N–H and O–H groups in total. The quantitative estimate of drug-likeness (QED) is 0.192. The molecule has 0 aliphatic rings. The summed E-state index contributed by atoms with van der Waals surface area (Å²) in [6, 6.07) is 30.2. The van der Waals surface area contributed by atoms with E-state index in [1.165, 1.54) is 0 Å². The van der Waals surface area contributed by atoms with E-state index in [1.54, 1.807) is 30.3 Å². The number of aromatic amines is 2. The molecule has 2 amide bonds. The molecule has 9 nitrogen and oxygen atoms in total. The number of carbonyl (C=O) groups is 2. The minimum Gasteiger partial charge on any atom is -0.349 e. The molecule has 0 bridgehead atoms. The zero-order chi connectivity index (χ0) is 27.5. The highest BCUT2D eigenvalue weighted by molar-refractivity contribution is 6.31. The Morgan fingerprint density at radius 3 is 2.38 bits per heavy atom. The normalized spacial score (nSPS) is 10.9. The lowest BCUT2D eigenvalue weighted by atomic mass is 10.0. The van der Waals surface area contributed by atoms with Crippen molar-refractivity contribution in [3.8, 4) is 22.5 Å². The van der Waals surface area contributed by atoms with Gasteiger partial charge in [0.1, 0.15) is 5.69 Å². The molecule has 0 radical (unpaired) electrons. The number of amides is 2. The first-order chi connectivity index (χ1) is 19.5. The molecule has 0 aliphatic carbocycles. The summed E-state index contributed by atoms with van der Waals surface area (Å²) >= 11 is 6.14. The summed E-state index contributed by atoms with van der Waals surface area (Å²) in [7, 11) is 0. The lowest BCUT2D eigenvalue weighted by molar-refractivity contribution is -0.115. The zero-order valence-corrected chi connectivity index (χ0v) is 21.7. The van der Waals surface area contributed by atoms with Crippen molar-refractivity contribution in [3.63, 3.8) is 0 Å². The molecule has 6 rings (SSSR count). The minimum atomic E-state index is -0.376. The molecule has 10 heteroatoms. The Hall–Kier alpha value is -5.28. The van der Waals surface area contributed by atoms with E-state index in [0.717, 1.165) is 22.1 Å². The number of fused-ring (bicyclic) bond motifs is 1. The summed E-state index contributed by atoms with van der Waals surface area (Å²) in [6.45, 7) is 0. The fourth-order valence-electron chi connectivity index (χ4n) is 4.48. The van der Waals surface area contributed by atoms with Gasteiger partial charge in [0.2, 0.25) is 11.7 Å². The number of hydrogen-bond donors (Lipinski definition) is 4. The first-order valence-corrected chi connectivity index (χ1v) is 12.8. The van der Waals surface area contributed by atoms with Gasteiger partial charge >= 0.3 is 0 Å². The molecule has 40 heavy (non-hydrogen) atoms. The maximum absolute atomic E-state index is 13.2. The topological polar surface area (TPSA) is 128 Å². The van der Waals surface area contributed by atoms with Crippen LogP contribution in [0.2, 0.25) is 5.02 Å². The van der Waals surface area contributed by atoms with E-state index in [1.807, 2.05) is 54.6 Å². The number of carbonyl (C=O) groups excluding carboxylic acids is 2. The summed E-state index contributed by atoms with van der Waals surface area (Å²) in [5.74, 6) is -0.236. The van der Waals surface area contributed by atoms with Crippen molar-refractivity contribution in [2.24, 2.45) is 0 Å². The first kappa shape index (κ1) is 25.0. The molecule has 6 aromatic rings. The molecule has 0 saturated heterocycles. The van der Waals surface area contributed by atoms with Crippen LogP contribution in [-0.4, -0.2) is 37.4 Å². The van der Waals surface area contributed by atoms with E-state index < -0.39 is 0 Å². The molecule has 0 atom stereocenters. The molecular formula is C30H22ClN7O2. The maximum atomic E-state index is 13.2. The number of para-hydroxylation sites is 1. The second kappa shape index (κ2) is 10.8. The third-order valence-electron chi connectivity index (χ3n) is 6.42. The van der Waals surface area contributed by atoms with E-state index in [4.69, 9.17) is 11.6 Å². The number of benzene rings is 4. The monoisotopic (exact) mass is 547 g/mol. The summed E-state index contributed by atoms with van der Waals surface area (Å²) in [5.41, 5.74) is 5.67. The minimum absolute atomic E-state index is 0.161. The number of H-pyrrole nitrogens is 2. The molecule has 0 unspecified atom stereocenters. The summed E-state index contributed by atoms with van der Waals surface area (Å²) < 4.78 is 0. The third-order valence-corrected chi connectivity index (χ3v) is 6.65. The Labute approximate surface area is 233 Å². The highest BCUT2D eigenvalue weighted by Crippen LogP contribution is 2.29. The number of rotatable bonds is 7. The van der Waals surface area contributed by atoms with Gasteiger partial charge in [-0.15, -0.1) is 10.2 Å². The van der Waals surface area contributed by atoms with E-state index >= 15 is 0 Å². The van der Waals surface area contributed by atoms with Gasteiger partial charge in [0, 0.05) is 16.0 Å². The average molecular weight is 548 g/mol. The number of tetrazole rings is 1. The van der Waals surface area contributed by atoms with Crippen molar-refractivity contribution in [2.75, 3.05) is 10.6 Å². The maximum Gasteiger partial charge on any atom is 0.272 e. The van der Waals surface area contributed by atoms with Crippen LogP contribution in [0.5, 0.6) is 0 Å². The molecule has 0 aliphatic heterocycles. The standard InChI is InChI=1S/C30H22ClN7O2/c31-22-13-14-24(23(17-22)29-35-37-38-36-29)34-30(40)26-16-21-7-4-8-25(28(21)33-26)32-27(39)15-18-9-11-20(12-10-18)19-5-2-1-3-6-19/h1-14,16-17,33H,15H2,(H,32,39)(H,34,40)(H,35,36,37,38). The van der Waals surface area contributed by atoms with Gasteiger partial charge in [0.15, 0.2) is 0 Å². The fraction of sp³-hybridized carbons (Fsp3) is 0.0333. The van der Waals surface area contributed by atoms with Gasteiger partial charge in [-0.05, 0) is 52.2 Å². The van der Waals surface area contributed by atoms with Gasteiger partial charge in [0.05, 0.1) is 23.3 Å². The van der Waals surface area contributed by atoms with Crippen LogP contribution in [0.25, 0.3) is 33.4 Å². The molecule has 2 heterocycles. The molecule has 2 aromatic heterocycles. The van der Waals surface area contributed by atoms with Crippen molar-refractivity contribution in [1.82, 2.24) is 25.6 Å². The number of nitrogens with zero attached hydrogens (tertiary/aromatic N) is 3. The number of halogens is 1. The summed E-state index contributed by atoms with van der Waals surface area (Å²) in [6.07, 6.45) is 0.217. The van der Waals surface area contributed by atoms with Crippen LogP contribution in [0.1, 0.15) is 16.1 Å². The zero-order valence-electron chi connectivity index (χ0n) is 21.0. The number of anilines is 2. The lowest BCUT2D eigenvalue weighted by Crippen LogP contribution is -2.15. The third kappa shape index (κ3) is 5.31. The predicted molar refractivity (Wildman–Crippen MR) is 155 cm³/mol. The molecule has 196 valence electrons. The Morgan fingerprint density at radius 1 is 0.800 bits per heavy atom. The Balaban J connectivity index is 1.18. The van der Waals surface area contributed by atoms with Crippen LogP contribution in [0.3, 0.4) is 0 Å². The predicted octanol–water partition coefficient (Wildman–Crippen LogP) is 6.10. The van der Waals surface area contributed by atoms with Crippen LogP contribution in [-0.2, 0) is 11.2 Å². The van der Waals surface area contributed by atoms with E-state index in [-0.39, 0.29) is 18.2 Å². The van der Waals surface area contributed by atoms with Gasteiger partial charge in [-0.25, -0.2) is 0 Å². The second-order valence-corrected chi connectivity index (χ2v) is 9.56. The highest BCUT2D eigenvalue weighted by Gasteiger charge is 2.17. The van der Waals surface area contributed by atoms with Crippen molar-refractivity contribution in [2.45, 2.75) is 6.42 Å². The van der Waals surface area contributed by atoms with Gasteiger partial charge in [-0.3, -0.25) is 9.59 Å². The summed E-state index contributed by atoms with van der Waals surface area (Å²) in [4.78, 5) is 29.2. The SMILES string of the molecule is O=C(Cc1ccc(-c2ccccc2)cc1)Nc1cccc2cc(C(=O)Nc3ccc(Cl)cc3-c3nn[nH]n3)[nH]c12. The molecule has 0 fully saturated rings. The second-order valence-electron chi connectivity index (χ2n) is 9.12. The Kier molecular flexibility index (Phi) is 6.78. The molecule has 0 spiro atoms. The van der Waals surface area contributed by atoms with Crippen molar-refractivity contribution < 1.29 is 9.59 Å². The van der Waals surface area contributed by atoms with E-state index in [2.05, 4.69) is 48.4 Å². The smallest absolute Gasteiger partial charge is 0.272 e. The van der Waals surface area contributed by atoms with Crippen molar-refractivity contribution in [3.05, 3.63) is 113 Å². The number of hydrogen-bond acceptors (Lipinski definition) is 5. The van der Waals surface area contributed by atoms with Crippen molar-refractivity contribution >= 4 is 45.7 Å². The number of nitrogens with one attached hydrogen (secondary N) is 4. The van der Waals surface area contributed by atoms with E-state index in [9.17, 15) is 9.59 Å². The van der Waals surface area contributed by atoms with Gasteiger partial charge in [-0.2, -0.15) is 5.21 Å². The average Bonchev–Trinajstić information content (AvgIpc) is 3.66. The van der Waals surface area contributed by atoms with Gasteiger partial charge in [0.25, 0.3) is 5.91 Å². The van der Waals surface area contributed by atoms with Crippen LogP contribution in [0.15, 0.2) is 97.1 Å². The Morgan fingerprint density at radius 2 is 1.60 bits per heavy atom. The lowest BCUT2D eigenvalue weighted by Gasteiger charge is -2.09. The van der Waals surface area contributed by atoms with E-state index in [0.29, 0.717) is 39.0 Å². The molecule has 4 aromatic carbocycles. The van der Waals surface area contributed by atoms with Crippen molar-refractivity contribution in [1.29, 1.82) is 0 Å². The van der Waals surface area contributed by atoms with Gasteiger partial charge in [-0.1, -0.05) is 78.3 Å². The van der Waals surface area contributed by atoms with Gasteiger partial charge < -0.3 is 15.6 Å². The van der Waals surface area contributed by atoms with Crippen LogP contribution in [0.4, 0.5) is 11.4 Å². The Bertz CT molecular complexity index is 1820. The highest BCUT2D eigenvalue weighted by atomic mass is 35.5. The van der Waals surface area contributed by atoms with Crippen LogP contribution in [0, 0.1) is 0 Å². The van der Waals surface area contributed by atoms with Crippen LogP contribution >= 0.6 is 11.6 Å². The largest absolute Gasteiger partial charge is 0.349 e. The fourth-order valence-corrected chi connectivity index (χ4v) is 4.66. The van der Waals surface area contributed by atoms with Crippen LogP contribution < -0.4 is 10.6 Å². The molecule has 0 saturated carbocycles.